The lowest BCUT2D eigenvalue weighted by atomic mass is 9.93. The summed E-state index contributed by atoms with van der Waals surface area (Å²) in [7, 11) is 1.55. The zero-order valence-electron chi connectivity index (χ0n) is 10.5. The van der Waals surface area contributed by atoms with Gasteiger partial charge in [0.05, 0.1) is 30.4 Å². The summed E-state index contributed by atoms with van der Waals surface area (Å²) in [4.78, 5) is 0. The molecular formula is C13H17BrO5. The van der Waals surface area contributed by atoms with Crippen LogP contribution in [0, 0.1) is 0 Å². The summed E-state index contributed by atoms with van der Waals surface area (Å²) < 4.78 is 11.6. The Hall–Kier alpha value is -0.660. The van der Waals surface area contributed by atoms with Crippen molar-refractivity contribution >= 4 is 15.9 Å². The Kier molecular flexibility index (Phi) is 4.81. The zero-order valence-corrected chi connectivity index (χ0v) is 12.1. The molecule has 1 aromatic carbocycles. The Labute approximate surface area is 119 Å². The van der Waals surface area contributed by atoms with E-state index in [1.54, 1.807) is 25.3 Å². The number of aliphatic hydroxyl groups is 3. The van der Waals surface area contributed by atoms with Crippen LogP contribution < -0.4 is 4.74 Å². The van der Waals surface area contributed by atoms with Crippen molar-refractivity contribution in [3.05, 3.63) is 28.2 Å². The smallest absolute Gasteiger partial charge is 0.133 e. The molecule has 1 aliphatic heterocycles. The van der Waals surface area contributed by atoms with Crippen molar-refractivity contribution in [2.75, 3.05) is 13.7 Å². The summed E-state index contributed by atoms with van der Waals surface area (Å²) in [5.74, 6) is 0.619. The third kappa shape index (κ3) is 3.09. The number of hydrogen-bond acceptors (Lipinski definition) is 5. The largest absolute Gasteiger partial charge is 0.496 e. The molecule has 6 heteroatoms. The standard InChI is InChI=1S/C13H17BrO5/c1-18-11-4-7(2-3-9(11)14)13-12(17)10(16)5-8(6-15)19-13/h2-4,8,10,12-13,15-17H,5-6H2,1H3/t8-,10-,12-,13+/m0/s1. The first kappa shape index (κ1) is 14.7. The highest BCUT2D eigenvalue weighted by Crippen LogP contribution is 2.35. The van der Waals surface area contributed by atoms with Gasteiger partial charge < -0.3 is 24.8 Å². The highest BCUT2D eigenvalue weighted by Gasteiger charge is 2.37. The van der Waals surface area contributed by atoms with Crippen LogP contribution in [0.2, 0.25) is 0 Å². The number of benzene rings is 1. The van der Waals surface area contributed by atoms with E-state index in [0.29, 0.717) is 11.3 Å². The Morgan fingerprint density at radius 1 is 1.42 bits per heavy atom. The molecule has 0 unspecified atom stereocenters. The monoisotopic (exact) mass is 332 g/mol. The molecule has 19 heavy (non-hydrogen) atoms. The van der Waals surface area contributed by atoms with Crippen LogP contribution in [0.4, 0.5) is 0 Å². The van der Waals surface area contributed by atoms with E-state index >= 15 is 0 Å². The highest BCUT2D eigenvalue weighted by atomic mass is 79.9. The second kappa shape index (κ2) is 6.19. The molecule has 0 aromatic heterocycles. The fourth-order valence-corrected chi connectivity index (χ4v) is 2.61. The van der Waals surface area contributed by atoms with Gasteiger partial charge in [0.2, 0.25) is 0 Å². The molecule has 0 radical (unpaired) electrons. The zero-order chi connectivity index (χ0) is 14.0. The summed E-state index contributed by atoms with van der Waals surface area (Å²) in [5, 5.41) is 29.0. The van der Waals surface area contributed by atoms with Crippen molar-refractivity contribution in [3.63, 3.8) is 0 Å². The second-order valence-electron chi connectivity index (χ2n) is 4.55. The minimum Gasteiger partial charge on any atom is -0.496 e. The fourth-order valence-electron chi connectivity index (χ4n) is 2.20. The van der Waals surface area contributed by atoms with Crippen LogP contribution in [0.3, 0.4) is 0 Å². The topological polar surface area (TPSA) is 79.2 Å². The van der Waals surface area contributed by atoms with Crippen LogP contribution in [0.25, 0.3) is 0 Å². The Balaban J connectivity index is 2.28. The maximum Gasteiger partial charge on any atom is 0.133 e. The van der Waals surface area contributed by atoms with E-state index in [9.17, 15) is 10.2 Å². The molecule has 106 valence electrons. The van der Waals surface area contributed by atoms with Gasteiger partial charge in [-0.3, -0.25) is 0 Å². The average molecular weight is 333 g/mol. The molecule has 4 atom stereocenters. The molecule has 0 aliphatic carbocycles. The summed E-state index contributed by atoms with van der Waals surface area (Å²) in [6, 6.07) is 5.32. The highest BCUT2D eigenvalue weighted by molar-refractivity contribution is 9.10. The van der Waals surface area contributed by atoms with Gasteiger partial charge >= 0.3 is 0 Å². The molecule has 0 amide bonds. The van der Waals surface area contributed by atoms with Crippen molar-refractivity contribution in [1.29, 1.82) is 0 Å². The van der Waals surface area contributed by atoms with E-state index in [1.807, 2.05) is 0 Å². The van der Waals surface area contributed by atoms with Crippen LogP contribution in [0.5, 0.6) is 5.75 Å². The van der Waals surface area contributed by atoms with E-state index in [0.717, 1.165) is 4.47 Å². The first-order valence-electron chi connectivity index (χ1n) is 6.02. The van der Waals surface area contributed by atoms with Crippen molar-refractivity contribution < 1.29 is 24.8 Å². The number of rotatable bonds is 3. The van der Waals surface area contributed by atoms with E-state index < -0.39 is 24.4 Å². The summed E-state index contributed by atoms with van der Waals surface area (Å²) in [6.45, 7) is -0.187. The normalized spacial score (nSPS) is 31.2. The summed E-state index contributed by atoms with van der Waals surface area (Å²) >= 11 is 3.35. The van der Waals surface area contributed by atoms with E-state index in [2.05, 4.69) is 15.9 Å². The molecule has 2 rings (SSSR count). The lowest BCUT2D eigenvalue weighted by Gasteiger charge is -2.36. The van der Waals surface area contributed by atoms with Gasteiger partial charge in [-0.15, -0.1) is 0 Å². The van der Waals surface area contributed by atoms with Crippen molar-refractivity contribution in [1.82, 2.24) is 0 Å². The summed E-state index contributed by atoms with van der Waals surface area (Å²) in [5.41, 5.74) is 0.699. The van der Waals surface area contributed by atoms with Crippen LogP contribution in [-0.2, 0) is 4.74 Å². The van der Waals surface area contributed by atoms with Gasteiger partial charge in [0, 0.05) is 6.42 Å². The predicted molar refractivity (Wildman–Crippen MR) is 72.0 cm³/mol. The van der Waals surface area contributed by atoms with Crippen LogP contribution >= 0.6 is 15.9 Å². The van der Waals surface area contributed by atoms with Crippen molar-refractivity contribution in [2.45, 2.75) is 30.8 Å². The predicted octanol–water partition coefficient (Wildman–Crippen LogP) is 1.00. The Morgan fingerprint density at radius 2 is 2.16 bits per heavy atom. The van der Waals surface area contributed by atoms with E-state index in [-0.39, 0.29) is 13.0 Å². The summed E-state index contributed by atoms with van der Waals surface area (Å²) in [6.07, 6.45) is -2.86. The third-order valence-electron chi connectivity index (χ3n) is 3.26. The molecule has 1 heterocycles. The van der Waals surface area contributed by atoms with Gasteiger partial charge in [0.1, 0.15) is 18.0 Å². The molecular weight excluding hydrogens is 316 g/mol. The Morgan fingerprint density at radius 3 is 2.79 bits per heavy atom. The molecule has 3 N–H and O–H groups in total. The first-order chi connectivity index (χ1) is 9.06. The van der Waals surface area contributed by atoms with Crippen molar-refractivity contribution in [2.24, 2.45) is 0 Å². The minimum atomic E-state index is -1.02. The second-order valence-corrected chi connectivity index (χ2v) is 5.40. The van der Waals surface area contributed by atoms with Gasteiger partial charge in [-0.2, -0.15) is 0 Å². The van der Waals surface area contributed by atoms with Gasteiger partial charge in [-0.05, 0) is 33.6 Å². The first-order valence-corrected chi connectivity index (χ1v) is 6.82. The molecule has 0 spiro atoms. The molecule has 1 aromatic rings. The number of methoxy groups -OCH3 is 1. The van der Waals surface area contributed by atoms with Gasteiger partial charge in [-0.1, -0.05) is 6.07 Å². The maximum absolute atomic E-state index is 10.0. The van der Waals surface area contributed by atoms with Crippen LogP contribution in [0.15, 0.2) is 22.7 Å². The van der Waals surface area contributed by atoms with Crippen molar-refractivity contribution in [3.8, 4) is 5.75 Å². The van der Waals surface area contributed by atoms with Crippen LogP contribution in [-0.4, -0.2) is 47.3 Å². The Bertz CT molecular complexity index is 439. The van der Waals surface area contributed by atoms with E-state index in [4.69, 9.17) is 14.6 Å². The average Bonchev–Trinajstić information content (AvgIpc) is 2.42. The molecule has 0 bridgehead atoms. The number of halogens is 1. The minimum absolute atomic E-state index is 0.187. The number of ether oxygens (including phenoxy) is 2. The van der Waals surface area contributed by atoms with E-state index in [1.165, 1.54) is 0 Å². The number of aliphatic hydroxyl groups excluding tert-OH is 3. The molecule has 1 aliphatic rings. The lowest BCUT2D eigenvalue weighted by Crippen LogP contribution is -2.44. The van der Waals surface area contributed by atoms with Gasteiger partial charge in [0.15, 0.2) is 0 Å². The van der Waals surface area contributed by atoms with Gasteiger partial charge in [0.25, 0.3) is 0 Å². The lowest BCUT2D eigenvalue weighted by molar-refractivity contribution is -0.179. The quantitative estimate of drug-likeness (QED) is 0.769. The van der Waals surface area contributed by atoms with Gasteiger partial charge in [-0.25, -0.2) is 0 Å². The molecule has 1 fully saturated rings. The molecule has 0 saturated carbocycles. The fraction of sp³-hybridized carbons (Fsp3) is 0.538. The third-order valence-corrected chi connectivity index (χ3v) is 3.91. The van der Waals surface area contributed by atoms with Crippen LogP contribution in [0.1, 0.15) is 18.1 Å². The molecule has 5 nitrogen and oxygen atoms in total. The number of hydrogen-bond donors (Lipinski definition) is 3. The molecule has 1 saturated heterocycles. The SMILES string of the molecule is COc1cc([C@H]2O[C@H](CO)C[C@H](O)[C@@H]2O)ccc1Br. The maximum atomic E-state index is 10.0.